The molecule has 0 aliphatic carbocycles. The summed E-state index contributed by atoms with van der Waals surface area (Å²) in [5.74, 6) is 0. The first-order chi connectivity index (χ1) is 8.13. The molecule has 0 bridgehead atoms. The average molecular weight is 239 g/mol. The van der Waals surface area contributed by atoms with E-state index in [1.165, 1.54) is 22.9 Å². The molecule has 4 nitrogen and oxygen atoms in total. The van der Waals surface area contributed by atoms with Crippen molar-refractivity contribution >= 4 is 0 Å². The molecule has 1 aromatic heterocycles. The van der Waals surface area contributed by atoms with Crippen molar-refractivity contribution in [2.75, 3.05) is 0 Å². The summed E-state index contributed by atoms with van der Waals surface area (Å²) in [6.07, 6.45) is -2.52. The van der Waals surface area contributed by atoms with Crippen molar-refractivity contribution in [1.82, 2.24) is 15.0 Å². The van der Waals surface area contributed by atoms with E-state index in [1.54, 1.807) is 13.0 Å². The van der Waals surface area contributed by atoms with Gasteiger partial charge in [-0.25, -0.2) is 13.5 Å². The molecule has 1 aromatic carbocycles. The van der Waals surface area contributed by atoms with Crippen molar-refractivity contribution in [2.45, 2.75) is 20.0 Å². The zero-order valence-electron chi connectivity index (χ0n) is 9.14. The van der Waals surface area contributed by atoms with Gasteiger partial charge in [0.05, 0.1) is 18.0 Å². The Kier molecular flexibility index (Phi) is 3.14. The number of hydrogen-bond donors (Lipinski definition) is 1. The van der Waals surface area contributed by atoms with Crippen molar-refractivity contribution < 1.29 is 13.9 Å². The van der Waals surface area contributed by atoms with Gasteiger partial charge in [-0.3, -0.25) is 0 Å². The van der Waals surface area contributed by atoms with Crippen LogP contribution in [0.15, 0.2) is 24.3 Å². The van der Waals surface area contributed by atoms with E-state index in [-0.39, 0.29) is 12.2 Å². The fourth-order valence-corrected chi connectivity index (χ4v) is 1.54. The maximum Gasteiger partial charge on any atom is 0.263 e. The van der Waals surface area contributed by atoms with Crippen molar-refractivity contribution in [3.63, 3.8) is 0 Å². The topological polar surface area (TPSA) is 50.9 Å². The van der Waals surface area contributed by atoms with Gasteiger partial charge in [-0.05, 0) is 19.1 Å². The molecule has 2 aromatic rings. The molecule has 0 atom stereocenters. The van der Waals surface area contributed by atoms with Crippen LogP contribution in [0.3, 0.4) is 0 Å². The Morgan fingerprint density at radius 2 is 2.18 bits per heavy atom. The largest absolute Gasteiger partial charge is 0.390 e. The molecule has 17 heavy (non-hydrogen) atoms. The summed E-state index contributed by atoms with van der Waals surface area (Å²) in [5.41, 5.74) is 1.52. The molecule has 0 aliphatic rings. The summed E-state index contributed by atoms with van der Waals surface area (Å²) in [4.78, 5) is 0. The van der Waals surface area contributed by atoms with Crippen LogP contribution in [0.1, 0.15) is 23.4 Å². The molecule has 0 amide bonds. The van der Waals surface area contributed by atoms with Gasteiger partial charge in [0.25, 0.3) is 6.43 Å². The van der Waals surface area contributed by atoms with E-state index in [4.69, 9.17) is 5.11 Å². The van der Waals surface area contributed by atoms with Crippen LogP contribution in [0.5, 0.6) is 0 Å². The van der Waals surface area contributed by atoms with E-state index in [0.29, 0.717) is 17.1 Å². The number of nitrogens with zero attached hydrogens (tertiary/aromatic N) is 3. The predicted octanol–water partition coefficient (Wildman–Crippen LogP) is 2.01. The second-order valence-electron chi connectivity index (χ2n) is 3.59. The van der Waals surface area contributed by atoms with Gasteiger partial charge >= 0.3 is 0 Å². The molecule has 90 valence electrons. The lowest BCUT2D eigenvalue weighted by Crippen LogP contribution is -2.00. The Morgan fingerprint density at radius 3 is 2.76 bits per heavy atom. The van der Waals surface area contributed by atoms with Gasteiger partial charge in [-0.2, -0.15) is 0 Å². The number of benzene rings is 1. The Bertz CT molecular complexity index is 525. The molecule has 0 unspecified atom stereocenters. The number of aromatic nitrogens is 3. The third-order valence-electron chi connectivity index (χ3n) is 2.51. The quantitative estimate of drug-likeness (QED) is 0.891. The average Bonchev–Trinajstić information content (AvgIpc) is 2.70. The summed E-state index contributed by atoms with van der Waals surface area (Å²) in [5, 5.41) is 16.6. The van der Waals surface area contributed by atoms with Crippen LogP contribution >= 0.6 is 0 Å². The van der Waals surface area contributed by atoms with Gasteiger partial charge in [0.2, 0.25) is 0 Å². The third-order valence-corrected chi connectivity index (χ3v) is 2.51. The standard InChI is InChI=1S/C11H11F2N3O/c1-7-10(6-17)14-15-16(7)9-4-2-3-8(5-9)11(12)13/h2-5,11,17H,6H2,1H3. The van der Waals surface area contributed by atoms with Gasteiger partial charge in [-0.15, -0.1) is 5.10 Å². The van der Waals surface area contributed by atoms with E-state index >= 15 is 0 Å². The summed E-state index contributed by atoms with van der Waals surface area (Å²) in [7, 11) is 0. The van der Waals surface area contributed by atoms with Crippen molar-refractivity contribution in [2.24, 2.45) is 0 Å². The molecule has 0 aliphatic heterocycles. The second kappa shape index (κ2) is 4.58. The van der Waals surface area contributed by atoms with Crippen molar-refractivity contribution in [3.8, 4) is 5.69 Å². The van der Waals surface area contributed by atoms with Crippen LogP contribution < -0.4 is 0 Å². The van der Waals surface area contributed by atoms with E-state index < -0.39 is 6.43 Å². The first kappa shape index (κ1) is 11.7. The molecule has 1 heterocycles. The normalized spacial score (nSPS) is 11.1. The van der Waals surface area contributed by atoms with Crippen LogP contribution in [-0.2, 0) is 6.61 Å². The first-order valence-electron chi connectivity index (χ1n) is 5.04. The smallest absolute Gasteiger partial charge is 0.263 e. The second-order valence-corrected chi connectivity index (χ2v) is 3.59. The molecular formula is C11H11F2N3O. The Morgan fingerprint density at radius 1 is 1.41 bits per heavy atom. The van der Waals surface area contributed by atoms with Crippen LogP contribution in [0.2, 0.25) is 0 Å². The molecule has 0 fully saturated rings. The molecule has 2 rings (SSSR count). The summed E-state index contributed by atoms with van der Waals surface area (Å²) in [6.45, 7) is 1.50. The van der Waals surface area contributed by atoms with Gasteiger partial charge in [0.15, 0.2) is 0 Å². The number of alkyl halides is 2. The molecule has 6 heteroatoms. The minimum Gasteiger partial charge on any atom is -0.390 e. The highest BCUT2D eigenvalue weighted by atomic mass is 19.3. The lowest BCUT2D eigenvalue weighted by Gasteiger charge is -2.05. The van der Waals surface area contributed by atoms with E-state index in [1.807, 2.05) is 0 Å². The fourth-order valence-electron chi connectivity index (χ4n) is 1.54. The molecule has 1 N–H and O–H groups in total. The van der Waals surface area contributed by atoms with Crippen LogP contribution in [0.4, 0.5) is 8.78 Å². The number of halogens is 2. The number of aliphatic hydroxyl groups excluding tert-OH is 1. The maximum absolute atomic E-state index is 12.5. The minimum absolute atomic E-state index is 0.0667. The summed E-state index contributed by atoms with van der Waals surface area (Å²) in [6, 6.07) is 5.91. The molecular weight excluding hydrogens is 228 g/mol. The van der Waals surface area contributed by atoms with Crippen molar-refractivity contribution in [3.05, 3.63) is 41.2 Å². The van der Waals surface area contributed by atoms with Crippen LogP contribution in [0, 0.1) is 6.92 Å². The highest BCUT2D eigenvalue weighted by molar-refractivity contribution is 5.37. The summed E-state index contributed by atoms with van der Waals surface area (Å²) < 4.78 is 26.5. The highest BCUT2D eigenvalue weighted by Crippen LogP contribution is 2.21. The molecule has 0 spiro atoms. The van der Waals surface area contributed by atoms with Gasteiger partial charge in [0, 0.05) is 5.56 Å². The highest BCUT2D eigenvalue weighted by Gasteiger charge is 2.12. The van der Waals surface area contributed by atoms with Gasteiger partial charge in [0.1, 0.15) is 5.69 Å². The lowest BCUT2D eigenvalue weighted by molar-refractivity contribution is 0.151. The third kappa shape index (κ3) is 2.16. The number of aliphatic hydroxyl groups is 1. The fraction of sp³-hybridized carbons (Fsp3) is 0.273. The zero-order valence-corrected chi connectivity index (χ0v) is 9.14. The predicted molar refractivity (Wildman–Crippen MR) is 57.0 cm³/mol. The Labute approximate surface area is 96.5 Å². The summed E-state index contributed by atoms with van der Waals surface area (Å²) >= 11 is 0. The Balaban J connectivity index is 2.45. The van der Waals surface area contributed by atoms with Crippen LogP contribution in [0.25, 0.3) is 5.69 Å². The van der Waals surface area contributed by atoms with E-state index in [9.17, 15) is 8.78 Å². The van der Waals surface area contributed by atoms with E-state index in [2.05, 4.69) is 10.3 Å². The van der Waals surface area contributed by atoms with E-state index in [0.717, 1.165) is 0 Å². The number of rotatable bonds is 3. The van der Waals surface area contributed by atoms with Crippen LogP contribution in [-0.4, -0.2) is 20.1 Å². The molecule has 0 saturated carbocycles. The Hall–Kier alpha value is -1.82. The van der Waals surface area contributed by atoms with Crippen molar-refractivity contribution in [1.29, 1.82) is 0 Å². The van der Waals surface area contributed by atoms with Gasteiger partial charge in [-0.1, -0.05) is 17.3 Å². The molecule has 0 saturated heterocycles. The molecule has 0 radical (unpaired) electrons. The maximum atomic E-state index is 12.5. The number of hydrogen-bond acceptors (Lipinski definition) is 3. The SMILES string of the molecule is Cc1c(CO)nnn1-c1cccc(C(F)F)c1. The lowest BCUT2D eigenvalue weighted by atomic mass is 10.2. The first-order valence-corrected chi connectivity index (χ1v) is 5.04. The zero-order chi connectivity index (χ0) is 12.4. The monoisotopic (exact) mass is 239 g/mol. The van der Waals surface area contributed by atoms with Gasteiger partial charge < -0.3 is 5.11 Å². The minimum atomic E-state index is -2.52.